The van der Waals surface area contributed by atoms with Gasteiger partial charge in [0.15, 0.2) is 9.84 Å². The minimum atomic E-state index is -4.60. The number of rotatable bonds is 12. The number of hydrogen-bond donors (Lipinski definition) is 2. The van der Waals surface area contributed by atoms with Gasteiger partial charge in [-0.2, -0.15) is 13.2 Å². The summed E-state index contributed by atoms with van der Waals surface area (Å²) in [6.07, 6.45) is -0.775. The van der Waals surface area contributed by atoms with Gasteiger partial charge in [-0.3, -0.25) is 14.5 Å². The molecule has 1 fully saturated rings. The summed E-state index contributed by atoms with van der Waals surface area (Å²) in [5.74, 6) is -1.42. The van der Waals surface area contributed by atoms with Crippen LogP contribution >= 0.6 is 11.8 Å². The minimum absolute atomic E-state index is 0.142. The van der Waals surface area contributed by atoms with Crippen molar-refractivity contribution in [2.24, 2.45) is 11.8 Å². The Morgan fingerprint density at radius 1 is 1.05 bits per heavy atom. The zero-order valence-corrected chi connectivity index (χ0v) is 26.9. The summed E-state index contributed by atoms with van der Waals surface area (Å²) in [6, 6.07) is 10.7. The first-order chi connectivity index (χ1) is 20.1. The van der Waals surface area contributed by atoms with Crippen molar-refractivity contribution in [2.45, 2.75) is 81.1 Å². The number of hydrogen-bond acceptors (Lipinski definition) is 6. The SMILES string of the molecule is CSc1ccc(S(=O)(=O)CC2CC(N(CC(C)C)C(C)C)CCC2NC(=O)CNC(=O)c2cccc(C(F)(F)F)c2)cc1. The van der Waals surface area contributed by atoms with Crippen LogP contribution in [0.4, 0.5) is 13.2 Å². The van der Waals surface area contributed by atoms with Crippen LogP contribution in [0.5, 0.6) is 0 Å². The van der Waals surface area contributed by atoms with Crippen LogP contribution < -0.4 is 10.6 Å². The molecule has 0 radical (unpaired) electrons. The van der Waals surface area contributed by atoms with Gasteiger partial charge >= 0.3 is 6.18 Å². The summed E-state index contributed by atoms with van der Waals surface area (Å²) < 4.78 is 66.2. The van der Waals surface area contributed by atoms with Gasteiger partial charge in [0.05, 0.1) is 22.8 Å². The lowest BCUT2D eigenvalue weighted by atomic mass is 9.81. The zero-order chi connectivity index (χ0) is 31.9. The average Bonchev–Trinajstić information content (AvgIpc) is 2.95. The molecule has 0 saturated heterocycles. The third kappa shape index (κ3) is 9.97. The maximum atomic E-state index is 13.5. The number of nitrogens with zero attached hydrogens (tertiary/aromatic N) is 1. The maximum absolute atomic E-state index is 13.5. The topological polar surface area (TPSA) is 95.6 Å². The van der Waals surface area contributed by atoms with Crippen molar-refractivity contribution in [1.82, 2.24) is 15.5 Å². The lowest BCUT2D eigenvalue weighted by Gasteiger charge is -2.44. The first-order valence-corrected chi connectivity index (χ1v) is 17.4. The summed E-state index contributed by atoms with van der Waals surface area (Å²) in [4.78, 5) is 29.0. The third-order valence-electron chi connectivity index (χ3n) is 7.72. The van der Waals surface area contributed by atoms with Crippen molar-refractivity contribution in [2.75, 3.05) is 25.1 Å². The third-order valence-corrected chi connectivity index (χ3v) is 10.3. The van der Waals surface area contributed by atoms with E-state index in [9.17, 15) is 31.2 Å². The molecule has 3 atom stereocenters. The lowest BCUT2D eigenvalue weighted by molar-refractivity contribution is -0.137. The molecule has 0 bridgehead atoms. The highest BCUT2D eigenvalue weighted by Crippen LogP contribution is 2.33. The fourth-order valence-corrected chi connectivity index (χ4v) is 7.72. The highest BCUT2D eigenvalue weighted by molar-refractivity contribution is 7.98. The number of halogens is 3. The maximum Gasteiger partial charge on any atom is 0.416 e. The highest BCUT2D eigenvalue weighted by Gasteiger charge is 2.38. The smallest absolute Gasteiger partial charge is 0.352 e. The van der Waals surface area contributed by atoms with Crippen LogP contribution in [0.1, 0.15) is 62.9 Å². The fourth-order valence-electron chi connectivity index (χ4n) is 5.64. The molecule has 1 saturated carbocycles. The number of benzene rings is 2. The van der Waals surface area contributed by atoms with Crippen LogP contribution in [0.3, 0.4) is 0 Å². The Bertz CT molecular complexity index is 1350. The Labute approximate surface area is 257 Å². The molecule has 0 aromatic heterocycles. The zero-order valence-electron chi connectivity index (χ0n) is 25.3. The fraction of sp³-hybridized carbons (Fsp3) is 0.548. The van der Waals surface area contributed by atoms with Crippen molar-refractivity contribution in [3.05, 3.63) is 59.7 Å². The molecule has 2 aromatic rings. The summed E-state index contributed by atoms with van der Waals surface area (Å²) >= 11 is 1.52. The first kappa shape index (κ1) is 34.9. The van der Waals surface area contributed by atoms with Gasteiger partial charge in [0, 0.05) is 35.1 Å². The number of carbonyl (C=O) groups is 2. The van der Waals surface area contributed by atoms with E-state index >= 15 is 0 Å². The monoisotopic (exact) mass is 641 g/mol. The van der Waals surface area contributed by atoms with Crippen LogP contribution in [-0.2, 0) is 20.8 Å². The predicted molar refractivity (Wildman–Crippen MR) is 164 cm³/mol. The molecule has 238 valence electrons. The van der Waals surface area contributed by atoms with Crippen LogP contribution in [0.25, 0.3) is 0 Å². The molecule has 43 heavy (non-hydrogen) atoms. The van der Waals surface area contributed by atoms with Gasteiger partial charge in [0.25, 0.3) is 5.91 Å². The molecule has 3 unspecified atom stereocenters. The Hall–Kier alpha value is -2.57. The Morgan fingerprint density at radius 3 is 2.30 bits per heavy atom. The van der Waals surface area contributed by atoms with E-state index < -0.39 is 46.0 Å². The van der Waals surface area contributed by atoms with E-state index in [1.54, 1.807) is 24.3 Å². The van der Waals surface area contributed by atoms with Crippen molar-refractivity contribution in [3.8, 4) is 0 Å². The molecular weight excluding hydrogens is 599 g/mol. The second kappa shape index (κ2) is 14.9. The number of nitrogens with one attached hydrogen (secondary N) is 2. The van der Waals surface area contributed by atoms with Gasteiger partial charge in [-0.05, 0) is 93.7 Å². The minimum Gasteiger partial charge on any atom is -0.352 e. The van der Waals surface area contributed by atoms with Crippen LogP contribution in [-0.4, -0.2) is 68.4 Å². The van der Waals surface area contributed by atoms with E-state index in [0.717, 1.165) is 36.1 Å². The van der Waals surface area contributed by atoms with E-state index in [4.69, 9.17) is 0 Å². The van der Waals surface area contributed by atoms with Gasteiger partial charge in [-0.15, -0.1) is 11.8 Å². The Kier molecular flexibility index (Phi) is 12.1. The molecule has 3 rings (SSSR count). The molecule has 0 aliphatic heterocycles. The lowest BCUT2D eigenvalue weighted by Crippen LogP contribution is -2.53. The Balaban J connectivity index is 1.75. The van der Waals surface area contributed by atoms with Gasteiger partial charge < -0.3 is 10.6 Å². The van der Waals surface area contributed by atoms with E-state index in [1.807, 2.05) is 6.26 Å². The van der Waals surface area contributed by atoms with E-state index in [0.29, 0.717) is 18.8 Å². The molecule has 2 N–H and O–H groups in total. The van der Waals surface area contributed by atoms with Crippen molar-refractivity contribution in [3.63, 3.8) is 0 Å². The second-order valence-corrected chi connectivity index (χ2v) is 14.7. The Morgan fingerprint density at radius 2 is 1.72 bits per heavy atom. The number of sulfone groups is 1. The molecule has 0 spiro atoms. The van der Waals surface area contributed by atoms with Crippen LogP contribution in [0, 0.1) is 11.8 Å². The van der Waals surface area contributed by atoms with Gasteiger partial charge in [0.2, 0.25) is 5.91 Å². The van der Waals surface area contributed by atoms with Crippen molar-refractivity contribution < 1.29 is 31.2 Å². The molecule has 1 aliphatic rings. The van der Waals surface area contributed by atoms with E-state index in [2.05, 4.69) is 43.2 Å². The summed E-state index contributed by atoms with van der Waals surface area (Å²) in [5, 5.41) is 5.30. The summed E-state index contributed by atoms with van der Waals surface area (Å²) in [6.45, 7) is 8.97. The first-order valence-electron chi connectivity index (χ1n) is 14.5. The molecule has 2 amide bonds. The quantitative estimate of drug-likeness (QED) is 0.291. The van der Waals surface area contributed by atoms with Gasteiger partial charge in [-0.25, -0.2) is 8.42 Å². The van der Waals surface area contributed by atoms with E-state index in [-0.39, 0.29) is 34.2 Å². The molecular formula is C31H42F3N3O4S2. The normalized spacial score (nSPS) is 19.6. The number of carbonyl (C=O) groups excluding carboxylic acids is 2. The number of amides is 2. The molecule has 12 heteroatoms. The molecule has 1 aliphatic carbocycles. The second-order valence-electron chi connectivity index (χ2n) is 11.8. The summed E-state index contributed by atoms with van der Waals surface area (Å²) in [7, 11) is -3.66. The van der Waals surface area contributed by atoms with Gasteiger partial charge in [-0.1, -0.05) is 19.9 Å². The summed E-state index contributed by atoms with van der Waals surface area (Å²) in [5.41, 5.74) is -1.17. The molecule has 0 heterocycles. The van der Waals surface area contributed by atoms with Crippen LogP contribution in [0.2, 0.25) is 0 Å². The molecule has 7 nitrogen and oxygen atoms in total. The standard InChI is InChI=1S/C31H42F3N3O4S2/c1-20(2)18-37(21(3)4)25-9-14-28(23(16-25)19-43(40,41)27-12-10-26(42-5)11-13-27)36-29(38)17-35-30(39)22-7-6-8-24(15-22)31(32,33)34/h6-8,10-13,15,20-21,23,25,28H,9,14,16-19H2,1-5H3,(H,35,39)(H,36,38). The average molecular weight is 642 g/mol. The van der Waals surface area contributed by atoms with Gasteiger partial charge in [0.1, 0.15) is 0 Å². The van der Waals surface area contributed by atoms with Crippen molar-refractivity contribution in [1.29, 1.82) is 0 Å². The number of thioether (sulfide) groups is 1. The highest BCUT2D eigenvalue weighted by atomic mass is 32.2. The van der Waals surface area contributed by atoms with Crippen molar-refractivity contribution >= 4 is 33.4 Å². The number of alkyl halides is 3. The predicted octanol–water partition coefficient (Wildman–Crippen LogP) is 5.65. The molecule has 2 aromatic carbocycles. The van der Waals surface area contributed by atoms with Crippen LogP contribution in [0.15, 0.2) is 58.3 Å². The van der Waals surface area contributed by atoms with E-state index in [1.165, 1.54) is 17.8 Å². The largest absolute Gasteiger partial charge is 0.416 e.